The van der Waals surface area contributed by atoms with Crippen molar-refractivity contribution >= 4 is 15.9 Å². The lowest BCUT2D eigenvalue weighted by Gasteiger charge is -1.93. The molecule has 0 fully saturated rings. The van der Waals surface area contributed by atoms with Crippen LogP contribution in [0.5, 0.6) is 0 Å². The number of hydrogen-bond acceptors (Lipinski definition) is 0. The third-order valence-electron chi connectivity index (χ3n) is 1.20. The largest absolute Gasteiger partial charge is 0.0579 e. The molecule has 0 amide bonds. The number of halogens is 1. The molecule has 0 bridgehead atoms. The number of benzene rings is 1. The molecule has 1 aromatic rings. The van der Waals surface area contributed by atoms with Crippen molar-refractivity contribution in [2.24, 2.45) is 0 Å². The maximum Gasteiger partial charge on any atom is 0.0175 e. The molecule has 0 nitrogen and oxygen atoms in total. The molecule has 0 spiro atoms. The van der Waals surface area contributed by atoms with Crippen LogP contribution < -0.4 is 0 Å². The summed E-state index contributed by atoms with van der Waals surface area (Å²) in [6.07, 6.45) is 0.868. The molecule has 0 heterocycles. The molecule has 0 saturated carbocycles. The molecule has 0 aliphatic heterocycles. The van der Waals surface area contributed by atoms with Gasteiger partial charge in [0.1, 0.15) is 0 Å². The summed E-state index contributed by atoms with van der Waals surface area (Å²) in [5.74, 6) is 0. The minimum absolute atomic E-state index is 0.868. The van der Waals surface area contributed by atoms with Crippen LogP contribution in [0, 0.1) is 6.92 Å². The van der Waals surface area contributed by atoms with Crippen molar-refractivity contribution in [3.05, 3.63) is 41.2 Å². The van der Waals surface area contributed by atoms with E-state index in [1.54, 1.807) is 0 Å². The molecule has 0 unspecified atom stereocenters. The number of hydrogen-bond donors (Lipinski definition) is 0. The maximum absolute atomic E-state index is 3.77. The molecule has 0 aromatic heterocycles. The van der Waals surface area contributed by atoms with E-state index < -0.39 is 0 Å². The van der Waals surface area contributed by atoms with E-state index in [0.29, 0.717) is 0 Å². The minimum Gasteiger partial charge on any atom is -0.0579 e. The Bertz CT molecular complexity index is 176. The third-order valence-corrected chi connectivity index (χ3v) is 1.73. The van der Waals surface area contributed by atoms with Crippen molar-refractivity contribution < 1.29 is 0 Å². The van der Waals surface area contributed by atoms with Gasteiger partial charge in [-0.3, -0.25) is 0 Å². The normalized spacial score (nSPS) is 9.56. The molecule has 0 N–H and O–H groups in total. The molecule has 0 aliphatic rings. The van der Waals surface area contributed by atoms with E-state index in [-0.39, 0.29) is 0 Å². The predicted molar refractivity (Wildman–Crippen MR) is 43.2 cm³/mol. The molecular formula is C8H8Br. The van der Waals surface area contributed by atoms with Gasteiger partial charge < -0.3 is 0 Å². The van der Waals surface area contributed by atoms with Crippen LogP contribution >= 0.6 is 15.9 Å². The standard InChI is InChI=1S/C8H8Br/c1-2-7-3-5-8(9)6-4-7/h3-6H,1-2H2. The average molecular weight is 184 g/mol. The van der Waals surface area contributed by atoms with Crippen molar-refractivity contribution in [3.8, 4) is 0 Å². The van der Waals surface area contributed by atoms with Crippen LogP contribution in [0.3, 0.4) is 0 Å². The fourth-order valence-electron chi connectivity index (χ4n) is 0.651. The van der Waals surface area contributed by atoms with Crippen LogP contribution in [0.2, 0.25) is 0 Å². The second-order valence-electron chi connectivity index (χ2n) is 1.88. The van der Waals surface area contributed by atoms with Crippen LogP contribution in [0.25, 0.3) is 0 Å². The Hall–Kier alpha value is -0.300. The van der Waals surface area contributed by atoms with Gasteiger partial charge in [-0.1, -0.05) is 28.1 Å². The molecule has 0 atom stereocenters. The van der Waals surface area contributed by atoms with Crippen molar-refractivity contribution in [3.63, 3.8) is 0 Å². The smallest absolute Gasteiger partial charge is 0.0175 e. The molecule has 0 aliphatic carbocycles. The summed E-state index contributed by atoms with van der Waals surface area (Å²) in [6.45, 7) is 3.77. The van der Waals surface area contributed by atoms with Gasteiger partial charge in [-0.05, 0) is 31.0 Å². The van der Waals surface area contributed by atoms with Crippen molar-refractivity contribution in [1.29, 1.82) is 0 Å². The first-order valence-electron chi connectivity index (χ1n) is 2.86. The zero-order valence-corrected chi connectivity index (χ0v) is 6.69. The quantitative estimate of drug-likeness (QED) is 0.629. The first kappa shape index (κ1) is 6.81. The molecule has 1 rings (SSSR count). The van der Waals surface area contributed by atoms with E-state index in [4.69, 9.17) is 0 Å². The van der Waals surface area contributed by atoms with Crippen LogP contribution in [0.15, 0.2) is 28.7 Å². The van der Waals surface area contributed by atoms with Gasteiger partial charge in [0.2, 0.25) is 0 Å². The van der Waals surface area contributed by atoms with Gasteiger partial charge in [-0.15, -0.1) is 0 Å². The van der Waals surface area contributed by atoms with Gasteiger partial charge in [-0.25, -0.2) is 0 Å². The molecule has 1 heteroatoms. The van der Waals surface area contributed by atoms with E-state index in [1.165, 1.54) is 5.56 Å². The predicted octanol–water partition coefficient (Wildman–Crippen LogP) is 2.83. The lowest BCUT2D eigenvalue weighted by atomic mass is 10.2. The summed E-state index contributed by atoms with van der Waals surface area (Å²) in [5.41, 5.74) is 1.28. The third kappa shape index (κ3) is 1.83. The summed E-state index contributed by atoms with van der Waals surface area (Å²) < 4.78 is 1.12. The Morgan fingerprint density at radius 1 is 1.22 bits per heavy atom. The van der Waals surface area contributed by atoms with Crippen molar-refractivity contribution in [1.82, 2.24) is 0 Å². The SMILES string of the molecule is [CH2]Cc1ccc(Br)cc1. The molecule has 1 radical (unpaired) electrons. The van der Waals surface area contributed by atoms with Crippen LogP contribution in [-0.4, -0.2) is 0 Å². The Labute approximate surface area is 64.0 Å². The summed E-state index contributed by atoms with van der Waals surface area (Å²) in [6, 6.07) is 8.19. The van der Waals surface area contributed by atoms with Crippen LogP contribution in [0.4, 0.5) is 0 Å². The zero-order chi connectivity index (χ0) is 6.69. The van der Waals surface area contributed by atoms with Gasteiger partial charge in [0.05, 0.1) is 0 Å². The van der Waals surface area contributed by atoms with E-state index in [1.807, 2.05) is 12.1 Å². The highest BCUT2D eigenvalue weighted by Crippen LogP contribution is 2.10. The lowest BCUT2D eigenvalue weighted by Crippen LogP contribution is -1.76. The van der Waals surface area contributed by atoms with Gasteiger partial charge in [0.15, 0.2) is 0 Å². The summed E-state index contributed by atoms with van der Waals surface area (Å²) in [5, 5.41) is 0. The monoisotopic (exact) mass is 183 g/mol. The Morgan fingerprint density at radius 2 is 1.78 bits per heavy atom. The van der Waals surface area contributed by atoms with Gasteiger partial charge >= 0.3 is 0 Å². The lowest BCUT2D eigenvalue weighted by molar-refractivity contribution is 1.27. The molecule has 0 saturated heterocycles. The fraction of sp³-hybridized carbons (Fsp3) is 0.125. The Morgan fingerprint density at radius 3 is 2.22 bits per heavy atom. The first-order valence-corrected chi connectivity index (χ1v) is 3.66. The summed E-state index contributed by atoms with van der Waals surface area (Å²) >= 11 is 3.35. The molecule has 47 valence electrons. The van der Waals surface area contributed by atoms with Crippen LogP contribution in [0.1, 0.15) is 5.56 Å². The fourth-order valence-corrected chi connectivity index (χ4v) is 0.915. The van der Waals surface area contributed by atoms with E-state index >= 15 is 0 Å². The van der Waals surface area contributed by atoms with Crippen LogP contribution in [-0.2, 0) is 6.42 Å². The Balaban J connectivity index is 2.88. The van der Waals surface area contributed by atoms with Gasteiger partial charge in [0.25, 0.3) is 0 Å². The van der Waals surface area contributed by atoms with E-state index in [0.717, 1.165) is 10.9 Å². The molecule has 9 heavy (non-hydrogen) atoms. The minimum atomic E-state index is 0.868. The molecular weight excluding hydrogens is 176 g/mol. The second kappa shape index (κ2) is 3.02. The average Bonchev–Trinajstić information content (AvgIpc) is 1.90. The topological polar surface area (TPSA) is 0 Å². The number of rotatable bonds is 1. The second-order valence-corrected chi connectivity index (χ2v) is 2.79. The van der Waals surface area contributed by atoms with Gasteiger partial charge in [0, 0.05) is 4.47 Å². The Kier molecular flexibility index (Phi) is 2.29. The highest BCUT2D eigenvalue weighted by atomic mass is 79.9. The van der Waals surface area contributed by atoms with Crippen molar-refractivity contribution in [2.45, 2.75) is 6.42 Å². The zero-order valence-electron chi connectivity index (χ0n) is 5.10. The highest BCUT2D eigenvalue weighted by molar-refractivity contribution is 9.10. The highest BCUT2D eigenvalue weighted by Gasteiger charge is 1.86. The molecule has 1 aromatic carbocycles. The maximum atomic E-state index is 3.77. The summed E-state index contributed by atoms with van der Waals surface area (Å²) in [4.78, 5) is 0. The summed E-state index contributed by atoms with van der Waals surface area (Å²) in [7, 11) is 0. The van der Waals surface area contributed by atoms with Crippen molar-refractivity contribution in [2.75, 3.05) is 0 Å². The van der Waals surface area contributed by atoms with E-state index in [9.17, 15) is 0 Å². The van der Waals surface area contributed by atoms with Gasteiger partial charge in [-0.2, -0.15) is 0 Å². The first-order chi connectivity index (χ1) is 4.33. The van der Waals surface area contributed by atoms with E-state index in [2.05, 4.69) is 35.0 Å².